The standard InChI is InChI=1S/C15H29NO2/c1-3-13-10-15(17,8-9-18-13)14(11-16)6-4-12(2)5-7-14/h12-13,17H,3-11,16H2,1-2H3. The van der Waals surface area contributed by atoms with Crippen LogP contribution >= 0.6 is 0 Å². The van der Waals surface area contributed by atoms with Gasteiger partial charge in [0.15, 0.2) is 0 Å². The van der Waals surface area contributed by atoms with Crippen molar-refractivity contribution in [3.63, 3.8) is 0 Å². The number of rotatable bonds is 3. The van der Waals surface area contributed by atoms with Crippen LogP contribution in [0.15, 0.2) is 0 Å². The highest BCUT2D eigenvalue weighted by Crippen LogP contribution is 2.50. The third-order valence-corrected chi connectivity index (χ3v) is 5.50. The molecule has 0 bridgehead atoms. The monoisotopic (exact) mass is 255 g/mol. The summed E-state index contributed by atoms with van der Waals surface area (Å²) in [4.78, 5) is 0. The van der Waals surface area contributed by atoms with Crippen LogP contribution in [0.4, 0.5) is 0 Å². The van der Waals surface area contributed by atoms with Gasteiger partial charge in [0.2, 0.25) is 0 Å². The van der Waals surface area contributed by atoms with Crippen LogP contribution in [0.5, 0.6) is 0 Å². The van der Waals surface area contributed by atoms with E-state index in [1.54, 1.807) is 0 Å². The minimum atomic E-state index is -0.596. The van der Waals surface area contributed by atoms with E-state index in [1.165, 1.54) is 12.8 Å². The number of aliphatic hydroxyl groups is 1. The van der Waals surface area contributed by atoms with Gasteiger partial charge in [-0.15, -0.1) is 0 Å². The molecule has 2 rings (SSSR count). The lowest BCUT2D eigenvalue weighted by atomic mass is 9.58. The van der Waals surface area contributed by atoms with E-state index in [1.807, 2.05) is 0 Å². The Balaban J connectivity index is 2.14. The lowest BCUT2D eigenvalue weighted by molar-refractivity contribution is -0.178. The molecular weight excluding hydrogens is 226 g/mol. The van der Waals surface area contributed by atoms with Crippen molar-refractivity contribution in [1.29, 1.82) is 0 Å². The van der Waals surface area contributed by atoms with Gasteiger partial charge >= 0.3 is 0 Å². The van der Waals surface area contributed by atoms with Gasteiger partial charge < -0.3 is 15.6 Å². The van der Waals surface area contributed by atoms with Crippen molar-refractivity contribution in [3.05, 3.63) is 0 Å². The molecule has 3 heteroatoms. The molecule has 106 valence electrons. The second kappa shape index (κ2) is 5.48. The highest BCUT2D eigenvalue weighted by atomic mass is 16.5. The maximum Gasteiger partial charge on any atom is 0.0762 e. The third kappa shape index (κ3) is 2.45. The van der Waals surface area contributed by atoms with E-state index in [-0.39, 0.29) is 11.5 Å². The van der Waals surface area contributed by atoms with E-state index in [9.17, 15) is 5.11 Å². The van der Waals surface area contributed by atoms with E-state index in [4.69, 9.17) is 10.5 Å². The Labute approximate surface area is 111 Å². The van der Waals surface area contributed by atoms with Crippen LogP contribution < -0.4 is 5.73 Å². The fourth-order valence-electron chi connectivity index (χ4n) is 3.85. The van der Waals surface area contributed by atoms with Crippen molar-refractivity contribution in [2.75, 3.05) is 13.2 Å². The summed E-state index contributed by atoms with van der Waals surface area (Å²) in [6.07, 6.45) is 7.30. The van der Waals surface area contributed by atoms with Crippen molar-refractivity contribution in [2.45, 2.75) is 70.5 Å². The Bertz CT molecular complexity index is 274. The van der Waals surface area contributed by atoms with Gasteiger partial charge in [0.05, 0.1) is 11.7 Å². The van der Waals surface area contributed by atoms with Gasteiger partial charge in [-0.25, -0.2) is 0 Å². The first-order valence-electron chi connectivity index (χ1n) is 7.59. The topological polar surface area (TPSA) is 55.5 Å². The predicted octanol–water partition coefficient (Wildman–Crippen LogP) is 2.46. The fourth-order valence-corrected chi connectivity index (χ4v) is 3.85. The van der Waals surface area contributed by atoms with E-state index < -0.39 is 5.60 Å². The molecule has 0 radical (unpaired) electrons. The second-order valence-electron chi connectivity index (χ2n) is 6.55. The summed E-state index contributed by atoms with van der Waals surface area (Å²) >= 11 is 0. The quantitative estimate of drug-likeness (QED) is 0.814. The minimum Gasteiger partial charge on any atom is -0.389 e. The zero-order valence-corrected chi connectivity index (χ0v) is 12.0. The Hall–Kier alpha value is -0.120. The maximum atomic E-state index is 11.2. The summed E-state index contributed by atoms with van der Waals surface area (Å²) in [5.74, 6) is 0.787. The van der Waals surface area contributed by atoms with E-state index in [0.717, 1.165) is 38.0 Å². The molecule has 2 unspecified atom stereocenters. The molecule has 1 heterocycles. The molecule has 1 saturated heterocycles. The molecule has 3 N–H and O–H groups in total. The minimum absolute atomic E-state index is 0.0588. The first-order chi connectivity index (χ1) is 8.55. The van der Waals surface area contributed by atoms with Gasteiger partial charge in [0, 0.05) is 31.4 Å². The van der Waals surface area contributed by atoms with Crippen LogP contribution in [-0.4, -0.2) is 30.0 Å². The van der Waals surface area contributed by atoms with Crippen LogP contribution in [0.3, 0.4) is 0 Å². The summed E-state index contributed by atoms with van der Waals surface area (Å²) in [7, 11) is 0. The average molecular weight is 255 g/mol. The van der Waals surface area contributed by atoms with E-state index >= 15 is 0 Å². The summed E-state index contributed by atoms with van der Waals surface area (Å²) in [6.45, 7) is 5.75. The fraction of sp³-hybridized carbons (Fsp3) is 1.00. The van der Waals surface area contributed by atoms with Gasteiger partial charge in [-0.2, -0.15) is 0 Å². The average Bonchev–Trinajstić information content (AvgIpc) is 2.39. The first kappa shape index (κ1) is 14.3. The number of hydrogen-bond donors (Lipinski definition) is 2. The molecule has 1 aliphatic heterocycles. The number of nitrogens with two attached hydrogens (primary N) is 1. The molecule has 2 atom stereocenters. The summed E-state index contributed by atoms with van der Waals surface area (Å²) in [6, 6.07) is 0. The summed E-state index contributed by atoms with van der Waals surface area (Å²) in [5.41, 5.74) is 5.43. The normalized spacial score (nSPS) is 46.0. The van der Waals surface area contributed by atoms with Crippen molar-refractivity contribution in [1.82, 2.24) is 0 Å². The molecule has 18 heavy (non-hydrogen) atoms. The van der Waals surface area contributed by atoms with Gasteiger partial charge in [-0.1, -0.05) is 26.7 Å². The van der Waals surface area contributed by atoms with Crippen molar-refractivity contribution >= 4 is 0 Å². The molecule has 3 nitrogen and oxygen atoms in total. The van der Waals surface area contributed by atoms with Gasteiger partial charge in [-0.3, -0.25) is 0 Å². The zero-order chi connectivity index (χ0) is 13.2. The third-order valence-electron chi connectivity index (χ3n) is 5.50. The lowest BCUT2D eigenvalue weighted by Crippen LogP contribution is -2.58. The molecule has 1 aliphatic carbocycles. The molecule has 0 spiro atoms. The zero-order valence-electron chi connectivity index (χ0n) is 12.0. The summed E-state index contributed by atoms with van der Waals surface area (Å²) < 4.78 is 5.72. The molecule has 2 fully saturated rings. The van der Waals surface area contributed by atoms with Gasteiger partial charge in [0.1, 0.15) is 0 Å². The summed E-state index contributed by atoms with van der Waals surface area (Å²) in [5, 5.41) is 11.2. The van der Waals surface area contributed by atoms with Crippen LogP contribution in [-0.2, 0) is 4.74 Å². The first-order valence-corrected chi connectivity index (χ1v) is 7.59. The molecule has 1 saturated carbocycles. The van der Waals surface area contributed by atoms with E-state index in [0.29, 0.717) is 13.2 Å². The predicted molar refractivity (Wildman–Crippen MR) is 73.3 cm³/mol. The van der Waals surface area contributed by atoms with Crippen LogP contribution in [0.25, 0.3) is 0 Å². The van der Waals surface area contributed by atoms with E-state index in [2.05, 4.69) is 13.8 Å². The molecule has 2 aliphatic rings. The van der Waals surface area contributed by atoms with Gasteiger partial charge in [0.25, 0.3) is 0 Å². The molecule has 0 amide bonds. The van der Waals surface area contributed by atoms with Crippen LogP contribution in [0, 0.1) is 11.3 Å². The smallest absolute Gasteiger partial charge is 0.0762 e. The van der Waals surface area contributed by atoms with Crippen molar-refractivity contribution in [3.8, 4) is 0 Å². The van der Waals surface area contributed by atoms with Crippen LogP contribution in [0.2, 0.25) is 0 Å². The van der Waals surface area contributed by atoms with Crippen LogP contribution in [0.1, 0.15) is 58.8 Å². The Kier molecular flexibility index (Phi) is 4.35. The molecule has 0 aromatic carbocycles. The lowest BCUT2D eigenvalue weighted by Gasteiger charge is -2.53. The van der Waals surface area contributed by atoms with Crippen molar-refractivity contribution < 1.29 is 9.84 Å². The number of ether oxygens (including phenoxy) is 1. The maximum absolute atomic E-state index is 11.2. The highest BCUT2D eigenvalue weighted by Gasteiger charge is 2.52. The highest BCUT2D eigenvalue weighted by molar-refractivity contribution is 5.04. The number of hydrogen-bond acceptors (Lipinski definition) is 3. The Morgan fingerprint density at radius 1 is 1.28 bits per heavy atom. The second-order valence-corrected chi connectivity index (χ2v) is 6.55. The van der Waals surface area contributed by atoms with Gasteiger partial charge in [-0.05, 0) is 25.2 Å². The largest absolute Gasteiger partial charge is 0.389 e. The molecular formula is C15H29NO2. The molecule has 0 aromatic heterocycles. The van der Waals surface area contributed by atoms with Crippen molar-refractivity contribution in [2.24, 2.45) is 17.1 Å². The Morgan fingerprint density at radius 3 is 2.50 bits per heavy atom. The molecule has 0 aromatic rings. The SMILES string of the molecule is CCC1CC(O)(C2(CN)CCC(C)CC2)CCO1. The Morgan fingerprint density at radius 2 is 1.94 bits per heavy atom.